The summed E-state index contributed by atoms with van der Waals surface area (Å²) >= 11 is 3.18. The van der Waals surface area contributed by atoms with Crippen molar-refractivity contribution >= 4 is 27.7 Å². The van der Waals surface area contributed by atoms with Gasteiger partial charge in [-0.15, -0.1) is 0 Å². The third-order valence-corrected chi connectivity index (χ3v) is 2.93. The van der Waals surface area contributed by atoms with Crippen LogP contribution in [-0.2, 0) is 9.53 Å². The molecule has 1 N–H and O–H groups in total. The first-order chi connectivity index (χ1) is 7.66. The first-order valence-corrected chi connectivity index (χ1v) is 5.86. The highest BCUT2D eigenvalue weighted by atomic mass is 79.9. The lowest BCUT2D eigenvalue weighted by atomic mass is 10.0. The summed E-state index contributed by atoms with van der Waals surface area (Å²) < 4.78 is 5.99. The predicted octanol–water partition coefficient (Wildman–Crippen LogP) is 1.60. The zero-order valence-electron chi connectivity index (χ0n) is 8.81. The fourth-order valence-corrected chi connectivity index (χ4v) is 1.81. The molecule has 2 heterocycles. The predicted molar refractivity (Wildman–Crippen MR) is 61.9 cm³/mol. The number of anilines is 1. The van der Waals surface area contributed by atoms with Crippen LogP contribution in [0, 0.1) is 5.92 Å². The van der Waals surface area contributed by atoms with Gasteiger partial charge in [-0.05, 0) is 28.3 Å². The highest BCUT2D eigenvalue weighted by molar-refractivity contribution is 9.10. The lowest BCUT2D eigenvalue weighted by Gasteiger charge is -2.13. The monoisotopic (exact) mass is 285 g/mol. The Balaban J connectivity index is 1.99. The summed E-state index contributed by atoms with van der Waals surface area (Å²) in [4.78, 5) is 19.8. The molecule has 1 aliphatic rings. The highest BCUT2D eigenvalue weighted by Crippen LogP contribution is 2.21. The first-order valence-electron chi connectivity index (χ1n) is 5.07. The molecule has 0 spiro atoms. The fraction of sp³-hybridized carbons (Fsp3) is 0.500. The van der Waals surface area contributed by atoms with E-state index in [-0.39, 0.29) is 17.9 Å². The van der Waals surface area contributed by atoms with Gasteiger partial charge in [-0.25, -0.2) is 9.97 Å². The molecule has 5 nitrogen and oxygen atoms in total. The van der Waals surface area contributed by atoms with Gasteiger partial charge in [0.15, 0.2) is 5.82 Å². The van der Waals surface area contributed by atoms with Crippen molar-refractivity contribution in [2.75, 3.05) is 11.9 Å². The molecule has 1 aromatic rings. The Hall–Kier alpha value is -1.01. The molecule has 1 aromatic heterocycles. The minimum atomic E-state index is -0.370. The quantitative estimate of drug-likeness (QED) is 0.897. The number of hydrogen-bond acceptors (Lipinski definition) is 4. The van der Waals surface area contributed by atoms with Crippen molar-refractivity contribution in [1.82, 2.24) is 9.97 Å². The molecule has 0 aliphatic carbocycles. The van der Waals surface area contributed by atoms with E-state index in [2.05, 4.69) is 31.2 Å². The Kier molecular flexibility index (Phi) is 3.50. The number of amides is 1. The number of ether oxygens (including phenoxy) is 1. The summed E-state index contributed by atoms with van der Waals surface area (Å²) in [5.41, 5.74) is 0. The van der Waals surface area contributed by atoms with Gasteiger partial charge >= 0.3 is 0 Å². The molecule has 2 unspecified atom stereocenters. The largest absolute Gasteiger partial charge is 0.368 e. The third kappa shape index (κ3) is 2.56. The highest BCUT2D eigenvalue weighted by Gasteiger charge is 2.30. The van der Waals surface area contributed by atoms with Gasteiger partial charge in [0, 0.05) is 6.61 Å². The lowest BCUT2D eigenvalue weighted by Crippen LogP contribution is -2.31. The van der Waals surface area contributed by atoms with Crippen molar-refractivity contribution in [3.8, 4) is 0 Å². The van der Waals surface area contributed by atoms with Crippen LogP contribution in [0.1, 0.15) is 13.3 Å². The van der Waals surface area contributed by atoms with Crippen LogP contribution in [0.25, 0.3) is 0 Å². The van der Waals surface area contributed by atoms with Crippen molar-refractivity contribution in [1.29, 1.82) is 0 Å². The maximum Gasteiger partial charge on any atom is 0.254 e. The molecule has 2 atom stereocenters. The lowest BCUT2D eigenvalue weighted by molar-refractivity contribution is -0.126. The first kappa shape index (κ1) is 11.5. The van der Waals surface area contributed by atoms with Crippen molar-refractivity contribution in [3.05, 3.63) is 17.0 Å². The number of hydrogen-bond donors (Lipinski definition) is 1. The van der Waals surface area contributed by atoms with E-state index in [9.17, 15) is 4.79 Å². The molecule has 0 radical (unpaired) electrons. The Morgan fingerprint density at radius 1 is 1.56 bits per heavy atom. The number of halogens is 1. The van der Waals surface area contributed by atoms with Crippen molar-refractivity contribution in [3.63, 3.8) is 0 Å². The van der Waals surface area contributed by atoms with Gasteiger partial charge in [0.25, 0.3) is 5.91 Å². The Labute approximate surface area is 102 Å². The van der Waals surface area contributed by atoms with Gasteiger partial charge in [0.1, 0.15) is 10.7 Å². The maximum absolute atomic E-state index is 11.8. The Morgan fingerprint density at radius 2 is 2.38 bits per heavy atom. The Morgan fingerprint density at radius 3 is 2.94 bits per heavy atom. The standard InChI is InChI=1S/C10H12BrN3O2/c1-6-2-3-16-9(6)10(15)14-8-5-12-7(11)4-13-8/h4-6,9H,2-3H2,1H3,(H,13,14,15). The summed E-state index contributed by atoms with van der Waals surface area (Å²) in [5, 5.41) is 2.68. The Bertz CT molecular complexity index is 382. The molecule has 16 heavy (non-hydrogen) atoms. The second-order valence-corrected chi connectivity index (χ2v) is 4.58. The molecule has 0 bridgehead atoms. The molecule has 0 aromatic carbocycles. The van der Waals surface area contributed by atoms with Crippen molar-refractivity contribution in [2.24, 2.45) is 5.92 Å². The van der Waals surface area contributed by atoms with Crippen LogP contribution in [0.2, 0.25) is 0 Å². The zero-order chi connectivity index (χ0) is 11.5. The van der Waals surface area contributed by atoms with E-state index < -0.39 is 0 Å². The van der Waals surface area contributed by atoms with Gasteiger partial charge in [-0.2, -0.15) is 0 Å². The minimum Gasteiger partial charge on any atom is -0.368 e. The molecule has 2 rings (SSSR count). The molecule has 1 saturated heterocycles. The van der Waals surface area contributed by atoms with Crippen LogP contribution < -0.4 is 5.32 Å². The summed E-state index contributed by atoms with van der Waals surface area (Å²) in [5.74, 6) is 0.543. The van der Waals surface area contributed by atoms with Crippen molar-refractivity contribution in [2.45, 2.75) is 19.4 Å². The molecule has 1 fully saturated rings. The molecular formula is C10H12BrN3O2. The fourth-order valence-electron chi connectivity index (χ4n) is 1.60. The van der Waals surface area contributed by atoms with Gasteiger partial charge in [0.2, 0.25) is 0 Å². The zero-order valence-corrected chi connectivity index (χ0v) is 10.4. The molecule has 1 aliphatic heterocycles. The van der Waals surface area contributed by atoms with Crippen LogP contribution in [0.4, 0.5) is 5.82 Å². The number of nitrogens with zero attached hydrogens (tertiary/aromatic N) is 2. The SMILES string of the molecule is CC1CCOC1C(=O)Nc1cnc(Br)cn1. The molecule has 6 heteroatoms. The second-order valence-electron chi connectivity index (χ2n) is 3.77. The third-order valence-electron chi connectivity index (χ3n) is 2.52. The molecule has 0 saturated carbocycles. The minimum absolute atomic E-state index is 0.151. The van der Waals surface area contributed by atoms with E-state index in [0.29, 0.717) is 17.0 Å². The van der Waals surface area contributed by atoms with Crippen LogP contribution in [0.3, 0.4) is 0 Å². The topological polar surface area (TPSA) is 64.1 Å². The summed E-state index contributed by atoms with van der Waals surface area (Å²) in [7, 11) is 0. The number of carbonyl (C=O) groups is 1. The van der Waals surface area contributed by atoms with Gasteiger partial charge in [-0.3, -0.25) is 4.79 Å². The van der Waals surface area contributed by atoms with E-state index in [0.717, 1.165) is 6.42 Å². The van der Waals surface area contributed by atoms with E-state index >= 15 is 0 Å². The van der Waals surface area contributed by atoms with Crippen molar-refractivity contribution < 1.29 is 9.53 Å². The van der Waals surface area contributed by atoms with Crippen LogP contribution >= 0.6 is 15.9 Å². The number of rotatable bonds is 2. The van der Waals surface area contributed by atoms with Crippen LogP contribution in [-0.4, -0.2) is 28.6 Å². The number of nitrogens with one attached hydrogen (secondary N) is 1. The van der Waals surface area contributed by atoms with E-state index in [1.165, 1.54) is 12.4 Å². The average Bonchev–Trinajstić information content (AvgIpc) is 2.68. The number of carbonyl (C=O) groups excluding carboxylic acids is 1. The van der Waals surface area contributed by atoms with E-state index in [1.807, 2.05) is 6.92 Å². The van der Waals surface area contributed by atoms with Gasteiger partial charge < -0.3 is 10.1 Å². The van der Waals surface area contributed by atoms with E-state index in [1.54, 1.807) is 0 Å². The molecule has 86 valence electrons. The number of aromatic nitrogens is 2. The molecule has 1 amide bonds. The smallest absolute Gasteiger partial charge is 0.254 e. The van der Waals surface area contributed by atoms with E-state index in [4.69, 9.17) is 4.74 Å². The summed E-state index contributed by atoms with van der Waals surface area (Å²) in [6.07, 6.45) is 3.59. The summed E-state index contributed by atoms with van der Waals surface area (Å²) in [6.45, 7) is 2.65. The van der Waals surface area contributed by atoms with Crippen LogP contribution in [0.15, 0.2) is 17.0 Å². The maximum atomic E-state index is 11.8. The van der Waals surface area contributed by atoms with Crippen LogP contribution in [0.5, 0.6) is 0 Å². The molecular weight excluding hydrogens is 274 g/mol. The summed E-state index contributed by atoms with van der Waals surface area (Å²) in [6, 6.07) is 0. The normalized spacial score (nSPS) is 24.4. The second kappa shape index (κ2) is 4.88. The average molecular weight is 286 g/mol. The van der Waals surface area contributed by atoms with Gasteiger partial charge in [-0.1, -0.05) is 6.92 Å². The van der Waals surface area contributed by atoms with Gasteiger partial charge in [0.05, 0.1) is 12.4 Å².